The zero-order chi connectivity index (χ0) is 14.9. The van der Waals surface area contributed by atoms with Crippen LogP contribution in [0.5, 0.6) is 5.75 Å². The van der Waals surface area contributed by atoms with E-state index in [1.807, 2.05) is 24.3 Å². The van der Waals surface area contributed by atoms with Crippen molar-refractivity contribution in [3.05, 3.63) is 28.7 Å². The van der Waals surface area contributed by atoms with E-state index < -0.39 is 11.4 Å². The van der Waals surface area contributed by atoms with Gasteiger partial charge in [0, 0.05) is 19.6 Å². The number of ether oxygens (including phenoxy) is 1. The van der Waals surface area contributed by atoms with Gasteiger partial charge >= 0.3 is 5.97 Å². The zero-order valence-electron chi connectivity index (χ0n) is 11.9. The van der Waals surface area contributed by atoms with Crippen LogP contribution in [-0.4, -0.2) is 42.2 Å². The van der Waals surface area contributed by atoms with Gasteiger partial charge in [-0.25, -0.2) is 0 Å². The molecular formula is C16H20BrNO3. The highest BCUT2D eigenvalue weighted by Crippen LogP contribution is 2.48. The summed E-state index contributed by atoms with van der Waals surface area (Å²) in [6, 6.07) is 7.78. The molecule has 0 aromatic heterocycles. The molecule has 4 nitrogen and oxygen atoms in total. The molecule has 1 aromatic rings. The van der Waals surface area contributed by atoms with E-state index in [0.717, 1.165) is 42.6 Å². The van der Waals surface area contributed by atoms with E-state index in [4.69, 9.17) is 4.74 Å². The minimum atomic E-state index is -0.612. The van der Waals surface area contributed by atoms with Crippen LogP contribution in [0.2, 0.25) is 0 Å². The van der Waals surface area contributed by atoms with Gasteiger partial charge in [0.15, 0.2) is 0 Å². The maximum Gasteiger partial charge on any atom is 0.311 e. The molecule has 0 spiro atoms. The van der Waals surface area contributed by atoms with Gasteiger partial charge in [-0.05, 0) is 46.8 Å². The number of aliphatic carboxylic acids is 1. The van der Waals surface area contributed by atoms with Crippen LogP contribution in [0.4, 0.5) is 0 Å². The Morgan fingerprint density at radius 1 is 1.48 bits per heavy atom. The van der Waals surface area contributed by atoms with Crippen LogP contribution < -0.4 is 4.74 Å². The second-order valence-corrected chi connectivity index (χ2v) is 6.92. The fourth-order valence-electron chi connectivity index (χ4n) is 3.76. The minimum Gasteiger partial charge on any atom is -0.491 e. The average Bonchev–Trinajstić information content (AvgIpc) is 2.98. The van der Waals surface area contributed by atoms with E-state index in [-0.39, 0.29) is 0 Å². The number of rotatable bonds is 5. The van der Waals surface area contributed by atoms with Gasteiger partial charge < -0.3 is 9.84 Å². The van der Waals surface area contributed by atoms with Crippen molar-refractivity contribution in [2.24, 2.45) is 11.3 Å². The minimum absolute atomic E-state index is 0.318. The topological polar surface area (TPSA) is 49.8 Å². The monoisotopic (exact) mass is 353 g/mol. The summed E-state index contributed by atoms with van der Waals surface area (Å²) in [7, 11) is 0. The van der Waals surface area contributed by atoms with E-state index in [2.05, 4.69) is 20.8 Å². The van der Waals surface area contributed by atoms with Gasteiger partial charge in [-0.3, -0.25) is 9.69 Å². The highest BCUT2D eigenvalue weighted by Gasteiger charge is 2.54. The Labute approximate surface area is 133 Å². The quantitative estimate of drug-likeness (QED) is 0.883. The van der Waals surface area contributed by atoms with E-state index in [9.17, 15) is 9.90 Å². The van der Waals surface area contributed by atoms with E-state index in [0.29, 0.717) is 19.1 Å². The van der Waals surface area contributed by atoms with Crippen LogP contribution >= 0.6 is 15.9 Å². The molecule has 2 fully saturated rings. The molecule has 0 bridgehead atoms. The lowest BCUT2D eigenvalue weighted by molar-refractivity contribution is -0.149. The average molecular weight is 354 g/mol. The molecular weight excluding hydrogens is 334 g/mol. The van der Waals surface area contributed by atoms with Crippen molar-refractivity contribution in [2.75, 3.05) is 26.2 Å². The molecule has 1 aliphatic carbocycles. The molecule has 5 heteroatoms. The molecule has 1 saturated carbocycles. The normalized spacial score (nSPS) is 28.5. The van der Waals surface area contributed by atoms with E-state index in [1.165, 1.54) is 0 Å². The lowest BCUT2D eigenvalue weighted by Crippen LogP contribution is -2.36. The first-order chi connectivity index (χ1) is 10.1. The Morgan fingerprint density at radius 3 is 3.00 bits per heavy atom. The Balaban J connectivity index is 1.54. The molecule has 1 aliphatic heterocycles. The molecule has 0 amide bonds. The number of likely N-dealkylation sites (tertiary alicyclic amines) is 1. The third-order valence-electron chi connectivity index (χ3n) is 4.87. The predicted molar refractivity (Wildman–Crippen MR) is 83.5 cm³/mol. The van der Waals surface area contributed by atoms with Crippen molar-refractivity contribution in [1.82, 2.24) is 4.90 Å². The number of fused-ring (bicyclic) bond motifs is 1. The molecule has 21 heavy (non-hydrogen) atoms. The number of para-hydroxylation sites is 1. The van der Waals surface area contributed by atoms with Crippen molar-refractivity contribution < 1.29 is 14.6 Å². The first kappa shape index (κ1) is 14.9. The summed E-state index contributed by atoms with van der Waals surface area (Å²) >= 11 is 3.46. The molecule has 3 rings (SSSR count). The SMILES string of the molecule is O=C(O)[C@@]12CCC[C@H]1CN(CCOc1ccccc1Br)C2. The summed E-state index contributed by atoms with van der Waals surface area (Å²) < 4.78 is 6.73. The highest BCUT2D eigenvalue weighted by molar-refractivity contribution is 9.10. The van der Waals surface area contributed by atoms with Crippen molar-refractivity contribution in [3.63, 3.8) is 0 Å². The maximum absolute atomic E-state index is 11.6. The number of benzene rings is 1. The number of nitrogens with zero attached hydrogens (tertiary/aromatic N) is 1. The van der Waals surface area contributed by atoms with Gasteiger partial charge in [0.1, 0.15) is 12.4 Å². The van der Waals surface area contributed by atoms with Gasteiger partial charge in [-0.15, -0.1) is 0 Å². The summed E-state index contributed by atoms with van der Waals surface area (Å²) in [6.07, 6.45) is 2.93. The number of carboxylic acid groups (broad SMARTS) is 1. The molecule has 1 aromatic carbocycles. The summed E-state index contributed by atoms with van der Waals surface area (Å²) in [5, 5.41) is 9.57. The second kappa shape index (κ2) is 5.97. The third kappa shape index (κ3) is 2.81. The Kier molecular flexibility index (Phi) is 4.22. The highest BCUT2D eigenvalue weighted by atomic mass is 79.9. The van der Waals surface area contributed by atoms with Gasteiger partial charge in [0.25, 0.3) is 0 Å². The predicted octanol–water partition coefficient (Wildman–Crippen LogP) is 3.01. The van der Waals surface area contributed by atoms with Crippen molar-refractivity contribution >= 4 is 21.9 Å². The first-order valence-corrected chi connectivity index (χ1v) is 8.24. The van der Waals surface area contributed by atoms with Crippen molar-refractivity contribution in [1.29, 1.82) is 0 Å². The molecule has 1 saturated heterocycles. The Morgan fingerprint density at radius 2 is 2.29 bits per heavy atom. The summed E-state index contributed by atoms with van der Waals surface area (Å²) in [4.78, 5) is 13.9. The zero-order valence-corrected chi connectivity index (χ0v) is 13.5. The van der Waals surface area contributed by atoms with Gasteiger partial charge in [0.05, 0.1) is 9.89 Å². The number of halogens is 1. The number of hydrogen-bond acceptors (Lipinski definition) is 3. The standard InChI is InChI=1S/C16H20BrNO3/c17-13-5-1-2-6-14(13)21-9-8-18-10-12-4-3-7-16(12,11-18)15(19)20/h1-2,5-6,12H,3-4,7-11H2,(H,19,20)/t12-,16+/m0/s1. The van der Waals surface area contributed by atoms with Gasteiger partial charge in [-0.1, -0.05) is 18.6 Å². The second-order valence-electron chi connectivity index (χ2n) is 6.06. The van der Waals surface area contributed by atoms with Crippen molar-refractivity contribution in [3.8, 4) is 5.75 Å². The molecule has 2 aliphatic rings. The smallest absolute Gasteiger partial charge is 0.311 e. The molecule has 2 atom stereocenters. The van der Waals surface area contributed by atoms with E-state index >= 15 is 0 Å². The molecule has 114 valence electrons. The maximum atomic E-state index is 11.6. The van der Waals surface area contributed by atoms with Crippen LogP contribution in [0, 0.1) is 11.3 Å². The first-order valence-electron chi connectivity index (χ1n) is 7.45. The Hall–Kier alpha value is -1.07. The van der Waals surface area contributed by atoms with Crippen LogP contribution in [0.3, 0.4) is 0 Å². The third-order valence-corrected chi connectivity index (χ3v) is 5.52. The summed E-state index contributed by atoms with van der Waals surface area (Å²) in [5.41, 5.74) is -0.493. The number of carboxylic acids is 1. The number of carbonyl (C=O) groups is 1. The van der Waals surface area contributed by atoms with Crippen LogP contribution in [0.15, 0.2) is 28.7 Å². The van der Waals surface area contributed by atoms with Gasteiger partial charge in [0.2, 0.25) is 0 Å². The summed E-state index contributed by atoms with van der Waals surface area (Å²) in [6.45, 7) is 2.94. The lowest BCUT2D eigenvalue weighted by Gasteiger charge is -2.23. The fraction of sp³-hybridized carbons (Fsp3) is 0.562. The Bertz CT molecular complexity index is 536. The molecule has 0 radical (unpaired) electrons. The lowest BCUT2D eigenvalue weighted by atomic mass is 9.81. The molecule has 1 heterocycles. The van der Waals surface area contributed by atoms with E-state index in [1.54, 1.807) is 0 Å². The largest absolute Gasteiger partial charge is 0.491 e. The number of hydrogen-bond donors (Lipinski definition) is 1. The fourth-order valence-corrected chi connectivity index (χ4v) is 4.16. The molecule has 0 unspecified atom stereocenters. The van der Waals surface area contributed by atoms with Gasteiger partial charge in [-0.2, -0.15) is 0 Å². The van der Waals surface area contributed by atoms with Crippen LogP contribution in [0.1, 0.15) is 19.3 Å². The van der Waals surface area contributed by atoms with Crippen LogP contribution in [-0.2, 0) is 4.79 Å². The van der Waals surface area contributed by atoms with Crippen LogP contribution in [0.25, 0.3) is 0 Å². The molecule has 1 N–H and O–H groups in total. The van der Waals surface area contributed by atoms with Crippen molar-refractivity contribution in [2.45, 2.75) is 19.3 Å². The summed E-state index contributed by atoms with van der Waals surface area (Å²) in [5.74, 6) is 0.544.